The molecule has 0 aliphatic carbocycles. The highest BCUT2D eigenvalue weighted by Gasteiger charge is 2.34. The van der Waals surface area contributed by atoms with Gasteiger partial charge in [-0.3, -0.25) is 14.5 Å². The van der Waals surface area contributed by atoms with Crippen molar-refractivity contribution < 1.29 is 19.1 Å². The highest BCUT2D eigenvalue weighted by Crippen LogP contribution is 2.31. The van der Waals surface area contributed by atoms with E-state index in [0.717, 1.165) is 11.1 Å². The number of nitrogens with zero attached hydrogens (tertiary/aromatic N) is 4. The van der Waals surface area contributed by atoms with E-state index in [2.05, 4.69) is 15.6 Å². The summed E-state index contributed by atoms with van der Waals surface area (Å²) in [7, 11) is 1.29. The van der Waals surface area contributed by atoms with Crippen LogP contribution < -0.4 is 10.2 Å². The molecule has 1 atom stereocenters. The Morgan fingerprint density at radius 1 is 0.902 bits per heavy atom. The summed E-state index contributed by atoms with van der Waals surface area (Å²) >= 11 is 0. The molecule has 41 heavy (non-hydrogen) atoms. The fraction of sp³-hybridized carbons (Fsp3) is 0.156. The third-order valence-corrected chi connectivity index (χ3v) is 6.82. The number of fused-ring (bicyclic) bond motifs is 1. The Hall–Kier alpha value is -5.31. The Balaban J connectivity index is 1.60. The number of aromatic nitrogens is 3. The third-order valence-electron chi connectivity index (χ3n) is 6.82. The van der Waals surface area contributed by atoms with Gasteiger partial charge in [-0.2, -0.15) is 0 Å². The number of amides is 2. The van der Waals surface area contributed by atoms with Crippen molar-refractivity contribution in [3.63, 3.8) is 0 Å². The number of aryl methyl sites for hydroxylation is 1. The number of nitrogens with one attached hydrogen (secondary N) is 1. The van der Waals surface area contributed by atoms with Gasteiger partial charge in [0.15, 0.2) is 0 Å². The first-order valence-corrected chi connectivity index (χ1v) is 13.1. The zero-order valence-electron chi connectivity index (χ0n) is 22.7. The fourth-order valence-corrected chi connectivity index (χ4v) is 4.75. The number of ether oxygens (including phenoxy) is 1. The maximum atomic E-state index is 14.3. The van der Waals surface area contributed by atoms with E-state index in [9.17, 15) is 14.4 Å². The Bertz CT molecular complexity index is 1700. The van der Waals surface area contributed by atoms with E-state index in [-0.39, 0.29) is 24.6 Å². The lowest BCUT2D eigenvalue weighted by Crippen LogP contribution is -2.45. The summed E-state index contributed by atoms with van der Waals surface area (Å²) in [6.07, 6.45) is 0. The molecule has 206 valence electrons. The molecular formula is C32H29N5O4. The number of esters is 1. The molecule has 4 aromatic carbocycles. The Morgan fingerprint density at radius 3 is 2.41 bits per heavy atom. The summed E-state index contributed by atoms with van der Waals surface area (Å²) in [6, 6.07) is 29.8. The van der Waals surface area contributed by atoms with Gasteiger partial charge in [-0.15, -0.1) is 5.10 Å². The SMILES string of the molecule is COC(=O)c1cccc(N(C(=O)Cn2nnc3ccccc32)[C@@H](C(=O)NCc2ccccc2)c2ccccc2C)c1. The molecule has 0 bridgehead atoms. The topological polar surface area (TPSA) is 106 Å². The van der Waals surface area contributed by atoms with Gasteiger partial charge in [-0.25, -0.2) is 9.48 Å². The molecule has 1 N–H and O–H groups in total. The second kappa shape index (κ2) is 12.3. The molecular weight excluding hydrogens is 518 g/mol. The average molecular weight is 548 g/mol. The minimum Gasteiger partial charge on any atom is -0.465 e. The number of hydrogen-bond donors (Lipinski definition) is 1. The molecule has 9 heteroatoms. The summed E-state index contributed by atoms with van der Waals surface area (Å²) < 4.78 is 6.43. The van der Waals surface area contributed by atoms with Crippen molar-refractivity contribution in [3.05, 3.63) is 125 Å². The standard InChI is InChI=1S/C32H29N5O4/c1-22-11-6-7-16-26(22)30(31(39)33-20-23-12-4-3-5-13-23)37(25-15-10-14-24(19-25)32(40)41-2)29(38)21-36-28-18-9-8-17-27(28)34-35-36/h3-19,30H,20-21H2,1-2H3,(H,33,39)/t30-/m1/s1. The zero-order valence-corrected chi connectivity index (χ0v) is 22.7. The first kappa shape index (κ1) is 27.3. The quantitative estimate of drug-likeness (QED) is 0.270. The lowest BCUT2D eigenvalue weighted by molar-refractivity contribution is -0.127. The number of benzene rings is 4. The van der Waals surface area contributed by atoms with E-state index in [1.54, 1.807) is 24.3 Å². The zero-order chi connectivity index (χ0) is 28.8. The summed E-state index contributed by atoms with van der Waals surface area (Å²) in [5.74, 6) is -1.34. The molecule has 1 aromatic heterocycles. The molecule has 0 aliphatic heterocycles. The Labute approximate surface area is 237 Å². The first-order valence-electron chi connectivity index (χ1n) is 13.1. The van der Waals surface area contributed by atoms with E-state index >= 15 is 0 Å². The molecule has 0 aliphatic rings. The van der Waals surface area contributed by atoms with Gasteiger partial charge in [0.25, 0.3) is 0 Å². The molecule has 0 spiro atoms. The summed E-state index contributed by atoms with van der Waals surface area (Å²) in [5.41, 5.74) is 4.36. The second-order valence-electron chi connectivity index (χ2n) is 9.50. The third kappa shape index (κ3) is 5.99. The smallest absolute Gasteiger partial charge is 0.337 e. The molecule has 0 saturated carbocycles. The van der Waals surface area contributed by atoms with Gasteiger partial charge in [0, 0.05) is 12.2 Å². The van der Waals surface area contributed by atoms with Crippen LogP contribution in [0, 0.1) is 6.92 Å². The van der Waals surface area contributed by atoms with Crippen molar-refractivity contribution >= 4 is 34.5 Å². The lowest BCUT2D eigenvalue weighted by Gasteiger charge is -2.32. The Kier molecular flexibility index (Phi) is 8.15. The Morgan fingerprint density at radius 2 is 1.63 bits per heavy atom. The molecule has 0 fully saturated rings. The number of anilines is 1. The van der Waals surface area contributed by atoms with Crippen LogP contribution in [0.15, 0.2) is 103 Å². The van der Waals surface area contributed by atoms with Crippen LogP contribution >= 0.6 is 0 Å². The van der Waals surface area contributed by atoms with Crippen molar-refractivity contribution in [2.75, 3.05) is 12.0 Å². The molecule has 0 saturated heterocycles. The molecule has 1 heterocycles. The van der Waals surface area contributed by atoms with Gasteiger partial charge in [0.05, 0.1) is 18.2 Å². The molecule has 0 radical (unpaired) electrons. The second-order valence-corrected chi connectivity index (χ2v) is 9.50. The molecule has 2 amide bonds. The highest BCUT2D eigenvalue weighted by atomic mass is 16.5. The number of rotatable bonds is 9. The van der Waals surface area contributed by atoms with Crippen LogP contribution in [-0.2, 0) is 27.4 Å². The highest BCUT2D eigenvalue weighted by molar-refractivity contribution is 6.02. The van der Waals surface area contributed by atoms with Crippen LogP contribution in [0.25, 0.3) is 11.0 Å². The van der Waals surface area contributed by atoms with Gasteiger partial charge >= 0.3 is 5.97 Å². The van der Waals surface area contributed by atoms with Gasteiger partial charge in [0.1, 0.15) is 18.1 Å². The monoisotopic (exact) mass is 547 g/mol. The molecule has 9 nitrogen and oxygen atoms in total. The minimum absolute atomic E-state index is 0.183. The largest absolute Gasteiger partial charge is 0.465 e. The molecule has 5 rings (SSSR count). The summed E-state index contributed by atoms with van der Waals surface area (Å²) in [6.45, 7) is 1.99. The van der Waals surface area contributed by atoms with Crippen LogP contribution in [0.1, 0.15) is 33.1 Å². The van der Waals surface area contributed by atoms with Crippen molar-refractivity contribution in [3.8, 4) is 0 Å². The van der Waals surface area contributed by atoms with E-state index in [0.29, 0.717) is 22.3 Å². The lowest BCUT2D eigenvalue weighted by atomic mass is 9.97. The van der Waals surface area contributed by atoms with Crippen LogP contribution in [0.2, 0.25) is 0 Å². The molecule has 0 unspecified atom stereocenters. The number of carbonyl (C=O) groups is 3. The van der Waals surface area contributed by atoms with E-state index in [1.807, 2.05) is 85.8 Å². The van der Waals surface area contributed by atoms with Crippen LogP contribution in [0.4, 0.5) is 5.69 Å². The van der Waals surface area contributed by atoms with Gasteiger partial charge in [-0.05, 0) is 53.9 Å². The number of carbonyl (C=O) groups excluding carboxylic acids is 3. The average Bonchev–Trinajstić information content (AvgIpc) is 3.41. The fourth-order valence-electron chi connectivity index (χ4n) is 4.75. The maximum Gasteiger partial charge on any atom is 0.337 e. The van der Waals surface area contributed by atoms with Gasteiger partial charge in [-0.1, -0.05) is 78.0 Å². The van der Waals surface area contributed by atoms with Crippen LogP contribution in [-0.4, -0.2) is 39.9 Å². The predicted molar refractivity (Wildman–Crippen MR) is 155 cm³/mol. The number of hydrogen-bond acceptors (Lipinski definition) is 6. The summed E-state index contributed by atoms with van der Waals surface area (Å²) in [5, 5.41) is 11.4. The summed E-state index contributed by atoms with van der Waals surface area (Å²) in [4.78, 5) is 42.1. The van der Waals surface area contributed by atoms with Crippen molar-refractivity contribution in [2.24, 2.45) is 0 Å². The normalized spacial score (nSPS) is 11.6. The van der Waals surface area contributed by atoms with Crippen LogP contribution in [0.3, 0.4) is 0 Å². The van der Waals surface area contributed by atoms with Gasteiger partial charge in [0.2, 0.25) is 11.8 Å². The number of methoxy groups -OCH3 is 1. The minimum atomic E-state index is -1.05. The number of para-hydroxylation sites is 1. The van der Waals surface area contributed by atoms with E-state index < -0.39 is 17.9 Å². The maximum absolute atomic E-state index is 14.3. The van der Waals surface area contributed by atoms with E-state index in [1.165, 1.54) is 16.7 Å². The van der Waals surface area contributed by atoms with Crippen molar-refractivity contribution in [2.45, 2.75) is 26.1 Å². The van der Waals surface area contributed by atoms with E-state index in [4.69, 9.17) is 4.74 Å². The predicted octanol–water partition coefficient (Wildman–Crippen LogP) is 4.62. The van der Waals surface area contributed by atoms with Crippen molar-refractivity contribution in [1.29, 1.82) is 0 Å². The molecule has 5 aromatic rings. The van der Waals surface area contributed by atoms with Gasteiger partial charge < -0.3 is 10.1 Å². The first-order chi connectivity index (χ1) is 20.0. The van der Waals surface area contributed by atoms with Crippen LogP contribution in [0.5, 0.6) is 0 Å². The van der Waals surface area contributed by atoms with Crippen molar-refractivity contribution in [1.82, 2.24) is 20.3 Å².